The van der Waals surface area contributed by atoms with Gasteiger partial charge in [-0.1, -0.05) is 0 Å². The number of hydrogen-bond acceptors (Lipinski definition) is 6. The third-order valence-corrected chi connectivity index (χ3v) is 4.33. The van der Waals surface area contributed by atoms with E-state index in [4.69, 9.17) is 11.0 Å². The quantitative estimate of drug-likeness (QED) is 0.563. The van der Waals surface area contributed by atoms with Gasteiger partial charge in [0, 0.05) is 11.8 Å². The van der Waals surface area contributed by atoms with E-state index >= 15 is 0 Å². The maximum atomic E-state index is 13.1. The maximum Gasteiger partial charge on any atom is 0.416 e. The topological polar surface area (TPSA) is 123 Å². The van der Waals surface area contributed by atoms with Crippen LogP contribution in [-0.4, -0.2) is 25.7 Å². The lowest BCUT2D eigenvalue weighted by Gasteiger charge is -2.17. The molecule has 8 nitrogen and oxygen atoms in total. The Bertz CT molecular complexity index is 1190. The highest BCUT2D eigenvalue weighted by Gasteiger charge is 2.37. The number of halogens is 6. The molecule has 0 aliphatic heterocycles. The van der Waals surface area contributed by atoms with Crippen LogP contribution in [0.3, 0.4) is 0 Å². The number of pyridine rings is 1. The van der Waals surface area contributed by atoms with Crippen LogP contribution in [-0.2, 0) is 12.4 Å². The summed E-state index contributed by atoms with van der Waals surface area (Å²) in [7, 11) is 0. The summed E-state index contributed by atoms with van der Waals surface area (Å²) >= 11 is 0. The van der Waals surface area contributed by atoms with Crippen molar-refractivity contribution in [3.63, 3.8) is 0 Å². The van der Waals surface area contributed by atoms with Crippen molar-refractivity contribution in [2.24, 2.45) is 0 Å². The minimum Gasteiger partial charge on any atom is -0.366 e. The van der Waals surface area contributed by atoms with Crippen molar-refractivity contribution in [2.75, 3.05) is 5.73 Å². The molecule has 14 heteroatoms. The predicted molar refractivity (Wildman–Crippen MR) is 101 cm³/mol. The highest BCUT2D eigenvalue weighted by molar-refractivity contribution is 5.94. The van der Waals surface area contributed by atoms with Crippen LogP contribution in [0.4, 0.5) is 32.3 Å². The molecule has 0 saturated carbocycles. The fourth-order valence-electron chi connectivity index (χ4n) is 2.80. The summed E-state index contributed by atoms with van der Waals surface area (Å²) in [6, 6.07) is 4.22. The van der Waals surface area contributed by atoms with Gasteiger partial charge < -0.3 is 11.1 Å². The second-order valence-electron chi connectivity index (χ2n) is 6.75. The number of nitrogens with zero attached hydrogens (tertiary/aromatic N) is 5. The highest BCUT2D eigenvalue weighted by Crippen LogP contribution is 2.36. The van der Waals surface area contributed by atoms with Crippen LogP contribution in [0.5, 0.6) is 0 Å². The van der Waals surface area contributed by atoms with Crippen LogP contribution in [0.1, 0.15) is 45.8 Å². The van der Waals surface area contributed by atoms with Crippen molar-refractivity contribution in [3.05, 3.63) is 64.6 Å². The fraction of sp³-hybridized carbons (Fsp3) is 0.211. The summed E-state index contributed by atoms with van der Waals surface area (Å²) in [6.45, 7) is 1.37. The standard InChI is InChI=1S/C19H13F6N7O/c1-9(15-30-17(27)31-32(15)14-3-2-10(7-26)8-28-14)29-16(33)11-4-12(18(20,21)22)6-13(5-11)19(23,24)25/h2-6,8-9H,1H3,(H2,27,31)(H,29,33)/t9-/m0/s1. The molecule has 0 radical (unpaired) electrons. The molecule has 1 atom stereocenters. The number of alkyl halides is 6. The normalized spacial score (nSPS) is 12.8. The molecule has 2 heterocycles. The van der Waals surface area contributed by atoms with E-state index in [1.165, 1.54) is 25.3 Å². The summed E-state index contributed by atoms with van der Waals surface area (Å²) < 4.78 is 79.5. The molecule has 33 heavy (non-hydrogen) atoms. The molecule has 3 aromatic rings. The van der Waals surface area contributed by atoms with Crippen molar-refractivity contribution < 1.29 is 31.1 Å². The Kier molecular flexibility index (Phi) is 5.99. The molecule has 0 aliphatic carbocycles. The number of benzene rings is 1. The van der Waals surface area contributed by atoms with Gasteiger partial charge in [-0.2, -0.15) is 41.3 Å². The van der Waals surface area contributed by atoms with Crippen LogP contribution in [0.15, 0.2) is 36.5 Å². The Labute approximate surface area is 181 Å². The van der Waals surface area contributed by atoms with Gasteiger partial charge in [-0.25, -0.2) is 4.98 Å². The Morgan fingerprint density at radius 1 is 1.12 bits per heavy atom. The average Bonchev–Trinajstić information content (AvgIpc) is 3.14. The number of anilines is 1. The molecule has 2 aromatic heterocycles. The minimum atomic E-state index is -5.10. The number of nitrogens with one attached hydrogen (secondary N) is 1. The Morgan fingerprint density at radius 3 is 2.21 bits per heavy atom. The summed E-state index contributed by atoms with van der Waals surface area (Å²) in [6.07, 6.45) is -8.96. The lowest BCUT2D eigenvalue weighted by Crippen LogP contribution is -2.29. The zero-order valence-corrected chi connectivity index (χ0v) is 16.5. The molecule has 0 spiro atoms. The summed E-state index contributed by atoms with van der Waals surface area (Å²) in [5, 5.41) is 15.1. The predicted octanol–water partition coefficient (Wildman–Crippen LogP) is 3.64. The number of amides is 1. The van der Waals surface area contributed by atoms with Crippen LogP contribution in [0.2, 0.25) is 0 Å². The Hall–Kier alpha value is -4.15. The summed E-state index contributed by atoms with van der Waals surface area (Å²) in [5.41, 5.74) is 1.76. The van der Waals surface area contributed by atoms with E-state index in [1.807, 2.05) is 6.07 Å². The molecule has 1 amide bonds. The van der Waals surface area contributed by atoms with E-state index in [2.05, 4.69) is 20.4 Å². The van der Waals surface area contributed by atoms with Crippen LogP contribution >= 0.6 is 0 Å². The molecule has 0 saturated heterocycles. The van der Waals surface area contributed by atoms with Crippen molar-refractivity contribution in [3.8, 4) is 11.9 Å². The number of hydrogen-bond donors (Lipinski definition) is 2. The lowest BCUT2D eigenvalue weighted by molar-refractivity contribution is -0.143. The van der Waals surface area contributed by atoms with Gasteiger partial charge in [0.1, 0.15) is 6.07 Å². The summed E-state index contributed by atoms with van der Waals surface area (Å²) in [5.74, 6) is -1.27. The van der Waals surface area contributed by atoms with Crippen LogP contribution < -0.4 is 11.1 Å². The molecule has 0 aliphatic rings. The maximum absolute atomic E-state index is 13.1. The van der Waals surface area contributed by atoms with Gasteiger partial charge in [0.05, 0.1) is 22.7 Å². The third kappa shape index (κ3) is 5.20. The second kappa shape index (κ2) is 8.41. The first-order valence-corrected chi connectivity index (χ1v) is 8.99. The zero-order chi connectivity index (χ0) is 24.6. The molecular weight excluding hydrogens is 456 g/mol. The number of nitrogen functional groups attached to an aromatic ring is 1. The number of nitrogens with two attached hydrogens (primary N) is 1. The largest absolute Gasteiger partial charge is 0.416 e. The van der Waals surface area contributed by atoms with E-state index < -0.39 is 41.0 Å². The van der Waals surface area contributed by atoms with Gasteiger partial charge >= 0.3 is 12.4 Å². The first kappa shape index (κ1) is 23.5. The second-order valence-corrected chi connectivity index (χ2v) is 6.75. The van der Waals surface area contributed by atoms with Crippen LogP contribution in [0.25, 0.3) is 5.82 Å². The van der Waals surface area contributed by atoms with Gasteiger partial charge in [0.2, 0.25) is 5.95 Å². The number of carbonyl (C=O) groups excluding carboxylic acids is 1. The van der Waals surface area contributed by atoms with Crippen molar-refractivity contribution >= 4 is 11.9 Å². The minimum absolute atomic E-state index is 0.000999. The van der Waals surface area contributed by atoms with Crippen LogP contribution in [0, 0.1) is 11.3 Å². The third-order valence-electron chi connectivity index (χ3n) is 4.33. The number of rotatable bonds is 4. The molecule has 172 valence electrons. The first-order chi connectivity index (χ1) is 15.3. The van der Waals surface area contributed by atoms with Crippen molar-refractivity contribution in [2.45, 2.75) is 25.3 Å². The van der Waals surface area contributed by atoms with Crippen molar-refractivity contribution in [1.29, 1.82) is 5.26 Å². The van der Waals surface area contributed by atoms with E-state index in [-0.39, 0.29) is 29.2 Å². The Morgan fingerprint density at radius 2 is 1.73 bits per heavy atom. The number of nitriles is 1. The Balaban J connectivity index is 1.94. The van der Waals surface area contributed by atoms with Crippen molar-refractivity contribution in [1.82, 2.24) is 25.1 Å². The first-order valence-electron chi connectivity index (χ1n) is 8.99. The molecular formula is C19H13F6N7O. The van der Waals surface area contributed by atoms with Gasteiger partial charge in [-0.05, 0) is 37.3 Å². The SMILES string of the molecule is C[C@H](NC(=O)c1cc(C(F)(F)F)cc(C(F)(F)F)c1)c1nc(N)nn1-c1ccc(C#N)cn1. The molecule has 0 fully saturated rings. The average molecular weight is 469 g/mol. The zero-order valence-electron chi connectivity index (χ0n) is 16.5. The molecule has 0 unspecified atom stereocenters. The number of carbonyl (C=O) groups is 1. The molecule has 1 aromatic carbocycles. The van der Waals surface area contributed by atoms with Gasteiger partial charge in [0.25, 0.3) is 5.91 Å². The molecule has 0 bridgehead atoms. The molecule has 3 N–H and O–H groups in total. The van der Waals surface area contributed by atoms with Gasteiger partial charge in [0.15, 0.2) is 11.6 Å². The fourth-order valence-corrected chi connectivity index (χ4v) is 2.80. The van der Waals surface area contributed by atoms with E-state index in [9.17, 15) is 31.1 Å². The van der Waals surface area contributed by atoms with Gasteiger partial charge in [-0.3, -0.25) is 4.79 Å². The van der Waals surface area contributed by atoms with Gasteiger partial charge in [-0.15, -0.1) is 5.10 Å². The van der Waals surface area contributed by atoms with E-state index in [1.54, 1.807) is 0 Å². The summed E-state index contributed by atoms with van der Waals surface area (Å²) in [4.78, 5) is 20.5. The highest BCUT2D eigenvalue weighted by atomic mass is 19.4. The monoisotopic (exact) mass is 469 g/mol. The number of aromatic nitrogens is 4. The lowest BCUT2D eigenvalue weighted by atomic mass is 10.0. The van der Waals surface area contributed by atoms with E-state index in [0.29, 0.717) is 12.1 Å². The van der Waals surface area contributed by atoms with E-state index in [0.717, 1.165) is 4.68 Å². The smallest absolute Gasteiger partial charge is 0.366 e. The molecule has 3 rings (SSSR count).